The van der Waals surface area contributed by atoms with Gasteiger partial charge in [0.1, 0.15) is 0 Å². The van der Waals surface area contributed by atoms with E-state index in [0.29, 0.717) is 18.8 Å². The summed E-state index contributed by atoms with van der Waals surface area (Å²) in [4.78, 5) is 26.1. The Morgan fingerprint density at radius 1 is 1.00 bits per heavy atom. The highest BCUT2D eigenvalue weighted by molar-refractivity contribution is 5.94. The molecule has 4 N–H and O–H groups in total. The number of nitrogens with one attached hydrogen (secondary N) is 2. The average molecular weight is 368 g/mol. The number of amides is 3. The van der Waals surface area contributed by atoms with Crippen molar-refractivity contribution in [1.29, 1.82) is 0 Å². The van der Waals surface area contributed by atoms with Crippen LogP contribution in [0.25, 0.3) is 0 Å². The molecule has 0 aliphatic rings. The van der Waals surface area contributed by atoms with Crippen molar-refractivity contribution in [3.8, 4) is 0 Å². The lowest BCUT2D eigenvalue weighted by Crippen LogP contribution is -2.35. The van der Waals surface area contributed by atoms with Crippen molar-refractivity contribution in [1.82, 2.24) is 4.90 Å². The van der Waals surface area contributed by atoms with Crippen LogP contribution in [0.4, 0.5) is 16.2 Å². The van der Waals surface area contributed by atoms with E-state index in [9.17, 15) is 9.59 Å². The van der Waals surface area contributed by atoms with E-state index in [2.05, 4.69) is 17.6 Å². The Balaban J connectivity index is 2.02. The Morgan fingerprint density at radius 3 is 2.22 bits per heavy atom. The van der Waals surface area contributed by atoms with Gasteiger partial charge in [-0.1, -0.05) is 43.7 Å². The molecule has 2 rings (SSSR count). The van der Waals surface area contributed by atoms with Gasteiger partial charge in [-0.05, 0) is 43.2 Å². The number of carbonyl (C=O) groups is 2. The van der Waals surface area contributed by atoms with Crippen LogP contribution in [0.3, 0.4) is 0 Å². The molecular weight excluding hydrogens is 340 g/mol. The van der Waals surface area contributed by atoms with Crippen molar-refractivity contribution in [3.05, 3.63) is 60.2 Å². The molecule has 0 aromatic heterocycles. The van der Waals surface area contributed by atoms with Crippen LogP contribution in [0.15, 0.2) is 54.6 Å². The van der Waals surface area contributed by atoms with Gasteiger partial charge in [0.15, 0.2) is 0 Å². The molecular formula is C21H28N4O2. The van der Waals surface area contributed by atoms with Crippen LogP contribution in [-0.4, -0.2) is 29.4 Å². The second-order valence-corrected chi connectivity index (χ2v) is 6.55. The SMILES string of the molecule is CCCCN(Cc1ccc(NC(=O)[C@H](C)N)cc1)C(=O)Nc1ccccc1. The van der Waals surface area contributed by atoms with Crippen LogP contribution in [0.1, 0.15) is 32.3 Å². The standard InChI is InChI=1S/C21H28N4O2/c1-3-4-14-25(21(27)24-18-8-6-5-7-9-18)15-17-10-12-19(13-11-17)23-20(26)16(2)22/h5-13,16H,3-4,14-15,22H2,1-2H3,(H,23,26)(H,24,27)/t16-/m0/s1. The van der Waals surface area contributed by atoms with E-state index in [0.717, 1.165) is 24.1 Å². The number of urea groups is 1. The van der Waals surface area contributed by atoms with Gasteiger partial charge in [0.2, 0.25) is 5.91 Å². The number of nitrogens with two attached hydrogens (primary N) is 1. The number of rotatable bonds is 8. The smallest absolute Gasteiger partial charge is 0.322 e. The minimum absolute atomic E-state index is 0.121. The Labute approximate surface area is 160 Å². The average Bonchev–Trinajstić information content (AvgIpc) is 2.67. The summed E-state index contributed by atoms with van der Waals surface area (Å²) < 4.78 is 0. The highest BCUT2D eigenvalue weighted by Crippen LogP contribution is 2.14. The molecule has 144 valence electrons. The lowest BCUT2D eigenvalue weighted by molar-refractivity contribution is -0.117. The second kappa shape index (κ2) is 10.3. The molecule has 6 nitrogen and oxygen atoms in total. The molecule has 0 bridgehead atoms. The van der Waals surface area contributed by atoms with E-state index < -0.39 is 6.04 Å². The number of hydrogen-bond acceptors (Lipinski definition) is 3. The Bertz CT molecular complexity index is 730. The van der Waals surface area contributed by atoms with Crippen LogP contribution >= 0.6 is 0 Å². The summed E-state index contributed by atoms with van der Waals surface area (Å²) in [5.41, 5.74) is 8.02. The molecule has 0 unspecified atom stereocenters. The summed E-state index contributed by atoms with van der Waals surface area (Å²) in [5.74, 6) is -0.227. The van der Waals surface area contributed by atoms with E-state index in [4.69, 9.17) is 5.73 Å². The normalized spacial score (nSPS) is 11.5. The third kappa shape index (κ3) is 6.75. The molecule has 0 aliphatic carbocycles. The Morgan fingerprint density at radius 2 is 1.63 bits per heavy atom. The number of para-hydroxylation sites is 1. The highest BCUT2D eigenvalue weighted by atomic mass is 16.2. The monoisotopic (exact) mass is 368 g/mol. The first-order chi connectivity index (χ1) is 13.0. The molecule has 0 heterocycles. The van der Waals surface area contributed by atoms with Gasteiger partial charge in [-0.3, -0.25) is 4.79 Å². The maximum Gasteiger partial charge on any atom is 0.322 e. The molecule has 0 saturated carbocycles. The molecule has 1 atom stereocenters. The number of hydrogen-bond donors (Lipinski definition) is 3. The third-order valence-corrected chi connectivity index (χ3v) is 4.10. The van der Waals surface area contributed by atoms with Crippen LogP contribution < -0.4 is 16.4 Å². The summed E-state index contributed by atoms with van der Waals surface area (Å²) in [7, 11) is 0. The summed E-state index contributed by atoms with van der Waals surface area (Å²) >= 11 is 0. The maximum atomic E-state index is 12.7. The van der Waals surface area contributed by atoms with Crippen molar-refractivity contribution in [2.75, 3.05) is 17.2 Å². The molecule has 0 spiro atoms. The van der Waals surface area contributed by atoms with Crippen LogP contribution in [0.5, 0.6) is 0 Å². The van der Waals surface area contributed by atoms with E-state index in [-0.39, 0.29) is 11.9 Å². The molecule has 6 heteroatoms. The fourth-order valence-electron chi connectivity index (χ4n) is 2.50. The zero-order chi connectivity index (χ0) is 19.6. The minimum Gasteiger partial charge on any atom is -0.325 e. The first-order valence-electron chi connectivity index (χ1n) is 9.26. The van der Waals surface area contributed by atoms with Gasteiger partial charge >= 0.3 is 6.03 Å². The molecule has 3 amide bonds. The number of benzene rings is 2. The second-order valence-electron chi connectivity index (χ2n) is 6.55. The quantitative estimate of drug-likeness (QED) is 0.662. The Hall–Kier alpha value is -2.86. The molecule has 2 aromatic carbocycles. The van der Waals surface area contributed by atoms with Crippen LogP contribution in [0.2, 0.25) is 0 Å². The van der Waals surface area contributed by atoms with E-state index in [1.165, 1.54) is 0 Å². The fraction of sp³-hybridized carbons (Fsp3) is 0.333. The van der Waals surface area contributed by atoms with Crippen molar-refractivity contribution < 1.29 is 9.59 Å². The van der Waals surface area contributed by atoms with Gasteiger partial charge in [0.25, 0.3) is 0 Å². The summed E-state index contributed by atoms with van der Waals surface area (Å²) in [6.45, 7) is 4.92. The molecule has 2 aromatic rings. The van der Waals surface area contributed by atoms with Gasteiger partial charge in [-0.15, -0.1) is 0 Å². The number of nitrogens with zero attached hydrogens (tertiary/aromatic N) is 1. The van der Waals surface area contributed by atoms with Gasteiger partial charge in [0, 0.05) is 24.5 Å². The maximum absolute atomic E-state index is 12.7. The molecule has 0 radical (unpaired) electrons. The number of anilines is 2. The molecule has 0 saturated heterocycles. The highest BCUT2D eigenvalue weighted by Gasteiger charge is 2.14. The lowest BCUT2D eigenvalue weighted by Gasteiger charge is -2.23. The van der Waals surface area contributed by atoms with Crippen molar-refractivity contribution in [2.45, 2.75) is 39.3 Å². The fourth-order valence-corrected chi connectivity index (χ4v) is 2.50. The van der Waals surface area contributed by atoms with E-state index >= 15 is 0 Å². The summed E-state index contributed by atoms with van der Waals surface area (Å²) in [6.07, 6.45) is 1.95. The predicted molar refractivity (Wildman–Crippen MR) is 109 cm³/mol. The van der Waals surface area contributed by atoms with Gasteiger partial charge < -0.3 is 21.3 Å². The Kier molecular flexibility index (Phi) is 7.82. The van der Waals surface area contributed by atoms with Gasteiger partial charge in [-0.25, -0.2) is 4.79 Å². The van der Waals surface area contributed by atoms with Crippen molar-refractivity contribution in [2.24, 2.45) is 5.73 Å². The van der Waals surface area contributed by atoms with E-state index in [1.807, 2.05) is 54.6 Å². The largest absolute Gasteiger partial charge is 0.325 e. The molecule has 27 heavy (non-hydrogen) atoms. The van der Waals surface area contributed by atoms with Gasteiger partial charge in [0.05, 0.1) is 6.04 Å². The molecule has 0 fully saturated rings. The minimum atomic E-state index is -0.559. The first-order valence-corrected chi connectivity index (χ1v) is 9.26. The first kappa shape index (κ1) is 20.5. The predicted octanol–water partition coefficient (Wildman–Crippen LogP) is 3.81. The van der Waals surface area contributed by atoms with Gasteiger partial charge in [-0.2, -0.15) is 0 Å². The molecule has 0 aliphatic heterocycles. The van der Waals surface area contributed by atoms with Crippen LogP contribution in [-0.2, 0) is 11.3 Å². The number of unbranched alkanes of at least 4 members (excludes halogenated alkanes) is 1. The lowest BCUT2D eigenvalue weighted by atomic mass is 10.2. The zero-order valence-corrected chi connectivity index (χ0v) is 15.9. The topological polar surface area (TPSA) is 87.5 Å². The van der Waals surface area contributed by atoms with Crippen molar-refractivity contribution in [3.63, 3.8) is 0 Å². The van der Waals surface area contributed by atoms with Crippen LogP contribution in [0, 0.1) is 0 Å². The summed E-state index contributed by atoms with van der Waals surface area (Å²) in [6, 6.07) is 16.2. The number of carbonyl (C=O) groups excluding carboxylic acids is 2. The summed E-state index contributed by atoms with van der Waals surface area (Å²) in [5, 5.41) is 5.69. The third-order valence-electron chi connectivity index (χ3n) is 4.10. The van der Waals surface area contributed by atoms with Crippen molar-refractivity contribution >= 4 is 23.3 Å². The van der Waals surface area contributed by atoms with E-state index in [1.54, 1.807) is 11.8 Å². The zero-order valence-electron chi connectivity index (χ0n) is 15.9.